The number of rotatable bonds is 3. The fourth-order valence-corrected chi connectivity index (χ4v) is 1.91. The summed E-state index contributed by atoms with van der Waals surface area (Å²) in [7, 11) is 0. The molecule has 0 aliphatic heterocycles. The molecule has 1 saturated carbocycles. The normalized spacial score (nSPS) is 18.1. The lowest BCUT2D eigenvalue weighted by Crippen LogP contribution is -2.13. The van der Waals surface area contributed by atoms with E-state index in [1.807, 2.05) is 6.07 Å². The molecule has 15 heavy (non-hydrogen) atoms. The van der Waals surface area contributed by atoms with E-state index >= 15 is 0 Å². The van der Waals surface area contributed by atoms with Crippen LogP contribution in [0.15, 0.2) is 18.2 Å². The molecule has 0 aromatic heterocycles. The lowest BCUT2D eigenvalue weighted by molar-refractivity contribution is 0.455. The van der Waals surface area contributed by atoms with Gasteiger partial charge in [0.1, 0.15) is 5.75 Å². The molecule has 0 amide bonds. The van der Waals surface area contributed by atoms with Crippen LogP contribution in [0.1, 0.15) is 49.8 Å². The Kier molecular flexibility index (Phi) is 2.70. The third-order valence-electron chi connectivity index (χ3n) is 3.21. The number of benzene rings is 1. The second-order valence-corrected chi connectivity index (χ2v) is 4.84. The smallest absolute Gasteiger partial charge is 0.120 e. The molecule has 1 unspecified atom stereocenters. The van der Waals surface area contributed by atoms with E-state index in [2.05, 4.69) is 19.9 Å². The predicted octanol–water partition coefficient (Wildman–Crippen LogP) is 2.93. The van der Waals surface area contributed by atoms with Crippen LogP contribution in [0.5, 0.6) is 5.75 Å². The Labute approximate surface area is 91.1 Å². The Hall–Kier alpha value is -1.02. The summed E-state index contributed by atoms with van der Waals surface area (Å²) in [5.41, 5.74) is 8.28. The van der Waals surface area contributed by atoms with Crippen molar-refractivity contribution in [3.8, 4) is 5.75 Å². The SMILES string of the molecule is CC(C)c1ccc(O)c(C(N)C2CC2)c1. The van der Waals surface area contributed by atoms with Crippen molar-refractivity contribution in [1.82, 2.24) is 0 Å². The van der Waals surface area contributed by atoms with Gasteiger partial charge >= 0.3 is 0 Å². The van der Waals surface area contributed by atoms with Gasteiger partial charge in [-0.3, -0.25) is 0 Å². The Bertz CT molecular complexity index is 356. The minimum Gasteiger partial charge on any atom is -0.508 e. The summed E-state index contributed by atoms with van der Waals surface area (Å²) in [6.07, 6.45) is 2.40. The van der Waals surface area contributed by atoms with Crippen molar-refractivity contribution in [2.45, 2.75) is 38.6 Å². The van der Waals surface area contributed by atoms with Crippen molar-refractivity contribution in [3.05, 3.63) is 29.3 Å². The molecule has 0 bridgehead atoms. The first-order valence-corrected chi connectivity index (χ1v) is 5.68. The number of phenolic OH excluding ortho intramolecular Hbond substituents is 1. The Morgan fingerprint density at radius 2 is 2.00 bits per heavy atom. The van der Waals surface area contributed by atoms with Crippen molar-refractivity contribution in [3.63, 3.8) is 0 Å². The van der Waals surface area contributed by atoms with E-state index in [-0.39, 0.29) is 6.04 Å². The standard InChI is InChI=1S/C13H19NO/c1-8(2)10-5-6-12(15)11(7-10)13(14)9-3-4-9/h5-9,13,15H,3-4,14H2,1-2H3. The fraction of sp³-hybridized carbons (Fsp3) is 0.538. The predicted molar refractivity (Wildman–Crippen MR) is 61.8 cm³/mol. The van der Waals surface area contributed by atoms with E-state index < -0.39 is 0 Å². The van der Waals surface area contributed by atoms with Crippen LogP contribution in [0, 0.1) is 5.92 Å². The van der Waals surface area contributed by atoms with Crippen LogP contribution in [0.2, 0.25) is 0 Å². The number of hydrogen-bond donors (Lipinski definition) is 2. The van der Waals surface area contributed by atoms with Crippen LogP contribution in [0.25, 0.3) is 0 Å². The van der Waals surface area contributed by atoms with Crippen LogP contribution in [0.3, 0.4) is 0 Å². The molecule has 3 N–H and O–H groups in total. The summed E-state index contributed by atoms with van der Waals surface area (Å²) >= 11 is 0. The zero-order valence-corrected chi connectivity index (χ0v) is 9.40. The molecular formula is C13H19NO. The number of phenols is 1. The minimum absolute atomic E-state index is 0.0173. The fourth-order valence-electron chi connectivity index (χ4n) is 1.91. The molecule has 1 aliphatic rings. The van der Waals surface area contributed by atoms with Gasteiger partial charge < -0.3 is 10.8 Å². The van der Waals surface area contributed by atoms with E-state index in [9.17, 15) is 5.11 Å². The van der Waals surface area contributed by atoms with Crippen molar-refractivity contribution >= 4 is 0 Å². The van der Waals surface area contributed by atoms with E-state index in [0.29, 0.717) is 17.6 Å². The molecule has 0 spiro atoms. The van der Waals surface area contributed by atoms with Crippen LogP contribution >= 0.6 is 0 Å². The molecule has 1 aliphatic carbocycles. The molecule has 0 heterocycles. The summed E-state index contributed by atoms with van der Waals surface area (Å²) in [5, 5.41) is 9.78. The van der Waals surface area contributed by atoms with E-state index in [0.717, 1.165) is 5.56 Å². The quantitative estimate of drug-likeness (QED) is 0.797. The second-order valence-electron chi connectivity index (χ2n) is 4.84. The van der Waals surface area contributed by atoms with Gasteiger partial charge in [-0.25, -0.2) is 0 Å². The highest BCUT2D eigenvalue weighted by Crippen LogP contribution is 2.42. The molecule has 82 valence electrons. The van der Waals surface area contributed by atoms with Crippen LogP contribution in [0.4, 0.5) is 0 Å². The molecular weight excluding hydrogens is 186 g/mol. The van der Waals surface area contributed by atoms with Gasteiger partial charge in [-0.2, -0.15) is 0 Å². The Morgan fingerprint density at radius 1 is 1.33 bits per heavy atom. The van der Waals surface area contributed by atoms with E-state index in [1.54, 1.807) is 6.07 Å². The van der Waals surface area contributed by atoms with E-state index in [4.69, 9.17) is 5.73 Å². The molecule has 0 saturated heterocycles. The molecule has 1 atom stereocenters. The highest BCUT2D eigenvalue weighted by atomic mass is 16.3. The Balaban J connectivity index is 2.31. The lowest BCUT2D eigenvalue weighted by atomic mass is 9.95. The molecule has 1 fully saturated rings. The van der Waals surface area contributed by atoms with Gasteiger partial charge in [-0.1, -0.05) is 26.0 Å². The largest absolute Gasteiger partial charge is 0.508 e. The first-order chi connectivity index (χ1) is 7.09. The minimum atomic E-state index is 0.0173. The second kappa shape index (κ2) is 3.86. The van der Waals surface area contributed by atoms with Crippen molar-refractivity contribution < 1.29 is 5.11 Å². The molecule has 1 aromatic rings. The monoisotopic (exact) mass is 205 g/mol. The van der Waals surface area contributed by atoms with Crippen LogP contribution < -0.4 is 5.73 Å². The zero-order valence-electron chi connectivity index (χ0n) is 9.40. The van der Waals surface area contributed by atoms with Gasteiger partial charge in [0.05, 0.1) is 0 Å². The average Bonchev–Trinajstić information content (AvgIpc) is 3.00. The van der Waals surface area contributed by atoms with Crippen molar-refractivity contribution in [2.24, 2.45) is 11.7 Å². The van der Waals surface area contributed by atoms with Crippen molar-refractivity contribution in [1.29, 1.82) is 0 Å². The third-order valence-corrected chi connectivity index (χ3v) is 3.21. The number of nitrogens with two attached hydrogens (primary N) is 1. The van der Waals surface area contributed by atoms with E-state index in [1.165, 1.54) is 18.4 Å². The summed E-state index contributed by atoms with van der Waals surface area (Å²) in [6.45, 7) is 4.30. The maximum absolute atomic E-state index is 9.78. The zero-order chi connectivity index (χ0) is 11.0. The highest BCUT2D eigenvalue weighted by molar-refractivity contribution is 5.40. The van der Waals surface area contributed by atoms with Crippen LogP contribution in [-0.2, 0) is 0 Å². The maximum atomic E-state index is 9.78. The van der Waals surface area contributed by atoms with Gasteiger partial charge in [0.2, 0.25) is 0 Å². The Morgan fingerprint density at radius 3 is 2.53 bits per heavy atom. The average molecular weight is 205 g/mol. The molecule has 0 radical (unpaired) electrons. The highest BCUT2D eigenvalue weighted by Gasteiger charge is 2.31. The van der Waals surface area contributed by atoms with Gasteiger partial charge in [-0.05, 0) is 36.3 Å². The summed E-state index contributed by atoms with van der Waals surface area (Å²) < 4.78 is 0. The third kappa shape index (κ3) is 2.15. The summed E-state index contributed by atoms with van der Waals surface area (Å²) in [5.74, 6) is 1.41. The topological polar surface area (TPSA) is 46.2 Å². The molecule has 2 nitrogen and oxygen atoms in total. The maximum Gasteiger partial charge on any atom is 0.120 e. The first-order valence-electron chi connectivity index (χ1n) is 5.68. The summed E-state index contributed by atoms with van der Waals surface area (Å²) in [4.78, 5) is 0. The van der Waals surface area contributed by atoms with Gasteiger partial charge in [-0.15, -0.1) is 0 Å². The molecule has 1 aromatic carbocycles. The lowest BCUT2D eigenvalue weighted by Gasteiger charge is -2.15. The number of aromatic hydroxyl groups is 1. The first kappa shape index (κ1) is 10.5. The van der Waals surface area contributed by atoms with Gasteiger partial charge in [0.15, 0.2) is 0 Å². The molecule has 2 heteroatoms. The number of hydrogen-bond acceptors (Lipinski definition) is 2. The van der Waals surface area contributed by atoms with Crippen LogP contribution in [-0.4, -0.2) is 5.11 Å². The summed E-state index contributed by atoms with van der Waals surface area (Å²) in [6, 6.07) is 5.82. The van der Waals surface area contributed by atoms with Crippen molar-refractivity contribution in [2.75, 3.05) is 0 Å². The molecule has 2 rings (SSSR count). The van der Waals surface area contributed by atoms with Gasteiger partial charge in [0.25, 0.3) is 0 Å². The van der Waals surface area contributed by atoms with Gasteiger partial charge in [0, 0.05) is 11.6 Å².